The number of hydrogen-bond acceptors (Lipinski definition) is 0. The van der Waals surface area contributed by atoms with E-state index < -0.39 is 0 Å². The van der Waals surface area contributed by atoms with Gasteiger partial charge >= 0.3 is 0 Å². The zero-order valence-corrected chi connectivity index (χ0v) is 82.6. The first-order chi connectivity index (χ1) is 74.4. The Morgan fingerprint density at radius 2 is 0.233 bits per heavy atom. The number of rotatable bonds is 14. The van der Waals surface area contributed by atoms with Crippen LogP contribution in [0.25, 0.3) is 285 Å². The maximum absolute atomic E-state index is 2.39. The molecule has 29 aromatic rings. The lowest BCUT2D eigenvalue weighted by Crippen LogP contribution is -1.92. The summed E-state index contributed by atoms with van der Waals surface area (Å²) in [7, 11) is 0. The normalized spacial score (nSPS) is 11.5. The molecule has 0 fully saturated rings. The van der Waals surface area contributed by atoms with Crippen molar-refractivity contribution in [2.24, 2.45) is 0 Å². The molecule has 0 heterocycles. The van der Waals surface area contributed by atoms with E-state index in [1.165, 1.54) is 285 Å². The molecule has 0 N–H and O–H groups in total. The van der Waals surface area contributed by atoms with E-state index in [0.29, 0.717) is 0 Å². The van der Waals surface area contributed by atoms with Gasteiger partial charge in [0.25, 0.3) is 0 Å². The van der Waals surface area contributed by atoms with Crippen LogP contribution in [-0.2, 0) is 0 Å². The van der Waals surface area contributed by atoms with Crippen LogP contribution in [0.3, 0.4) is 0 Å². The molecular formula is C150H98. The van der Waals surface area contributed by atoms with Gasteiger partial charge in [-0.2, -0.15) is 0 Å². The van der Waals surface area contributed by atoms with Crippen molar-refractivity contribution in [3.63, 3.8) is 0 Å². The molecule has 0 atom stereocenters. The highest BCUT2D eigenvalue weighted by Gasteiger charge is 2.25. The van der Waals surface area contributed by atoms with E-state index in [-0.39, 0.29) is 0 Å². The van der Waals surface area contributed by atoms with Crippen LogP contribution in [0, 0.1) is 0 Å². The molecule has 0 radical (unpaired) electrons. The maximum atomic E-state index is 2.39. The molecule has 29 rings (SSSR count). The van der Waals surface area contributed by atoms with E-state index >= 15 is 0 Å². The first kappa shape index (κ1) is 89.4. The molecule has 0 bridgehead atoms. The number of hydrogen-bond donors (Lipinski definition) is 0. The lowest BCUT2D eigenvalue weighted by molar-refractivity contribution is 1.57. The Morgan fingerprint density at radius 1 is 0.0667 bits per heavy atom. The summed E-state index contributed by atoms with van der Waals surface area (Å²) in [5.74, 6) is 0. The van der Waals surface area contributed by atoms with Crippen molar-refractivity contribution in [3.8, 4) is 156 Å². The van der Waals surface area contributed by atoms with E-state index in [1.807, 2.05) is 0 Å². The Labute approximate surface area is 873 Å². The topological polar surface area (TPSA) is 0 Å². The molecule has 29 aromatic carbocycles. The van der Waals surface area contributed by atoms with Crippen molar-refractivity contribution in [2.75, 3.05) is 0 Å². The third kappa shape index (κ3) is 16.5. The molecule has 0 aliphatic carbocycles. The molecule has 0 spiro atoms. The molecule has 0 saturated heterocycles. The van der Waals surface area contributed by atoms with E-state index in [2.05, 4.69) is 595 Å². The zero-order chi connectivity index (χ0) is 99.3. The van der Waals surface area contributed by atoms with Crippen molar-refractivity contribution in [3.05, 3.63) is 595 Å². The summed E-state index contributed by atoms with van der Waals surface area (Å²) < 4.78 is 0. The third-order valence-electron chi connectivity index (χ3n) is 30.7. The van der Waals surface area contributed by atoms with Crippen molar-refractivity contribution >= 4 is 129 Å². The lowest BCUT2D eigenvalue weighted by atomic mass is 9.84. The van der Waals surface area contributed by atoms with E-state index in [4.69, 9.17) is 0 Å². The maximum Gasteiger partial charge on any atom is -0.00201 e. The van der Waals surface area contributed by atoms with Gasteiger partial charge in [0.1, 0.15) is 0 Å². The molecule has 0 heteroatoms. The summed E-state index contributed by atoms with van der Waals surface area (Å²) in [6, 6.07) is 217. The second-order valence-electron chi connectivity index (χ2n) is 39.4. The highest BCUT2D eigenvalue weighted by molar-refractivity contribution is 6.28. The van der Waals surface area contributed by atoms with Gasteiger partial charge in [-0.15, -0.1) is 0 Å². The number of fused-ring (bicyclic) bond motifs is 12. The molecule has 150 heavy (non-hydrogen) atoms. The smallest absolute Gasteiger partial charge is 0.00201 e. The minimum Gasteiger partial charge on any atom is -0.0622 e. The molecule has 698 valence electrons. The molecule has 0 amide bonds. The van der Waals surface area contributed by atoms with Gasteiger partial charge in [-0.3, -0.25) is 0 Å². The van der Waals surface area contributed by atoms with E-state index in [1.54, 1.807) is 0 Å². The molecule has 0 saturated carbocycles. The molecule has 0 aliphatic rings. The van der Waals surface area contributed by atoms with Crippen LogP contribution < -0.4 is 0 Å². The fourth-order valence-electron chi connectivity index (χ4n) is 23.7. The molecule has 0 aliphatic heterocycles. The number of benzene rings is 29. The Balaban J connectivity index is 0.000000111. The fourth-order valence-corrected chi connectivity index (χ4v) is 23.7. The molecule has 0 aromatic heterocycles. The Hall–Kier alpha value is -19.5. The van der Waals surface area contributed by atoms with Gasteiger partial charge in [0, 0.05) is 0 Å². The van der Waals surface area contributed by atoms with Crippen molar-refractivity contribution in [2.45, 2.75) is 0 Å². The van der Waals surface area contributed by atoms with Gasteiger partial charge < -0.3 is 0 Å². The fraction of sp³-hybridized carbons (Fsp3) is 0. The Bertz CT molecular complexity index is 10200. The standard InChI is InChI=1S/2C52H34.C46H30/c1-2-13-35(14-3-1)38-17-10-18-39(31-38)40-19-11-20-41(32-40)42-29-27-36-28-30-43(34-44(36)33-42)51-47-22-6-8-24-49(47)52(50-25-9-7-23-48(50)51)46-26-12-16-37-15-4-5-21-45(37)46;1-2-14-36(15-3-1)43-20-6-7-22-45(43)40-19-12-18-38(32-40)39-30-28-35-29-31-41(34-42(35)33-39)51-47-23-8-10-25-49(47)52(50-26-11-9-24-48(50)51)46-27-13-17-37-16-4-5-21-44(37)46;1-2-13-32(14-3-1)37-17-6-7-19-39(37)34-27-25-31-26-28-35(30-36(31)29-34)45-41-20-8-10-22-43(41)46(44-23-11-9-21-42(44)45)40-24-12-16-33-15-4-5-18-38(33)40/h2*1-34H;1-30H. The first-order valence-corrected chi connectivity index (χ1v) is 52.0. The van der Waals surface area contributed by atoms with Crippen LogP contribution in [0.2, 0.25) is 0 Å². The highest BCUT2D eigenvalue weighted by Crippen LogP contribution is 2.52. The van der Waals surface area contributed by atoms with Crippen molar-refractivity contribution in [1.82, 2.24) is 0 Å². The van der Waals surface area contributed by atoms with Gasteiger partial charge in [0.05, 0.1) is 0 Å². The summed E-state index contributed by atoms with van der Waals surface area (Å²) >= 11 is 0. The Morgan fingerprint density at radius 3 is 0.533 bits per heavy atom. The van der Waals surface area contributed by atoms with Crippen molar-refractivity contribution < 1.29 is 0 Å². The van der Waals surface area contributed by atoms with Crippen molar-refractivity contribution in [1.29, 1.82) is 0 Å². The average molecular weight is 1900 g/mol. The Kier molecular flexibility index (Phi) is 23.2. The predicted molar refractivity (Wildman–Crippen MR) is 646 cm³/mol. The van der Waals surface area contributed by atoms with Crippen LogP contribution in [0.4, 0.5) is 0 Å². The van der Waals surface area contributed by atoms with E-state index in [9.17, 15) is 0 Å². The second kappa shape index (κ2) is 38.9. The van der Waals surface area contributed by atoms with Crippen LogP contribution in [0.5, 0.6) is 0 Å². The molecule has 0 unspecified atom stereocenters. The summed E-state index contributed by atoms with van der Waals surface area (Å²) in [6.07, 6.45) is 0. The summed E-state index contributed by atoms with van der Waals surface area (Å²) in [4.78, 5) is 0. The van der Waals surface area contributed by atoms with Gasteiger partial charge in [-0.05, 0) is 340 Å². The summed E-state index contributed by atoms with van der Waals surface area (Å²) in [5.41, 5.74) is 34.9. The molecule has 0 nitrogen and oxygen atoms in total. The highest BCUT2D eigenvalue weighted by atomic mass is 14.3. The van der Waals surface area contributed by atoms with Crippen LogP contribution in [0.1, 0.15) is 0 Å². The second-order valence-corrected chi connectivity index (χ2v) is 39.4. The average Bonchev–Trinajstić information content (AvgIpc) is 0.731. The lowest BCUT2D eigenvalue weighted by Gasteiger charge is -2.19. The molecular weight excluding hydrogens is 1800 g/mol. The van der Waals surface area contributed by atoms with Gasteiger partial charge in [0.2, 0.25) is 0 Å². The SMILES string of the molecule is c1ccc(-c2cccc(-c3cccc(-c4ccc5ccc(-c6c7ccccc7c(-c7cccc8ccccc78)c7ccccc67)cc5c4)c3)c2)cc1.c1ccc(-c2ccccc2-c2ccc3ccc(-c4c5ccccc5c(-c5cccc6ccccc56)c5ccccc45)cc3c2)cc1.c1ccc(-c2ccccc2-c2cccc(-c3ccc4ccc(-c5c6ccccc6c(-c6cccc7ccccc67)c6ccccc56)cc4c3)c2)cc1. The third-order valence-corrected chi connectivity index (χ3v) is 30.7. The first-order valence-electron chi connectivity index (χ1n) is 52.0. The summed E-state index contributed by atoms with van der Waals surface area (Å²) in [5, 5.41) is 30.3. The van der Waals surface area contributed by atoms with Crippen LogP contribution >= 0.6 is 0 Å². The van der Waals surface area contributed by atoms with Crippen LogP contribution in [0.15, 0.2) is 595 Å². The zero-order valence-electron chi connectivity index (χ0n) is 82.6. The van der Waals surface area contributed by atoms with Crippen LogP contribution in [-0.4, -0.2) is 0 Å². The van der Waals surface area contributed by atoms with Gasteiger partial charge in [-0.1, -0.05) is 540 Å². The minimum absolute atomic E-state index is 1.21. The minimum atomic E-state index is 1.21. The van der Waals surface area contributed by atoms with E-state index in [0.717, 1.165) is 0 Å². The monoisotopic (exact) mass is 1900 g/mol. The van der Waals surface area contributed by atoms with Gasteiger partial charge in [0.15, 0.2) is 0 Å². The largest absolute Gasteiger partial charge is 0.0622 e. The summed E-state index contributed by atoms with van der Waals surface area (Å²) in [6.45, 7) is 0. The predicted octanol–water partition coefficient (Wildman–Crippen LogP) is 42.2. The quantitative estimate of drug-likeness (QED) is 0.0952. The van der Waals surface area contributed by atoms with Gasteiger partial charge in [-0.25, -0.2) is 0 Å².